The molecule has 0 amide bonds. The molecule has 0 atom stereocenters. The number of fused-ring (bicyclic) bond motifs is 3. The normalized spacial score (nSPS) is 11.7. The predicted molar refractivity (Wildman–Crippen MR) is 203 cm³/mol. The SMILES string of the molecule is C[Si](C)(C)c1ccc(-c2cccc(-c3cccc(-c4nc(-c5ccccc5)nc(-c5cccc6c5sc5ccccc56)n4)c3)c2)cc1. The predicted octanol–water partition coefficient (Wildman–Crippen LogP) is 11.1. The first kappa shape index (κ1) is 29.2. The van der Waals surface area contributed by atoms with E-state index < -0.39 is 8.07 Å². The number of rotatable bonds is 6. The summed E-state index contributed by atoms with van der Waals surface area (Å²) in [5.41, 5.74) is 7.66. The largest absolute Gasteiger partial charge is 0.208 e. The fourth-order valence-electron chi connectivity index (χ4n) is 6.14. The quantitative estimate of drug-likeness (QED) is 0.170. The van der Waals surface area contributed by atoms with Gasteiger partial charge in [-0.2, -0.15) is 0 Å². The fraction of sp³-hybridized carbons (Fsp3) is 0.0714. The Morgan fingerprint density at radius 3 is 1.68 bits per heavy atom. The van der Waals surface area contributed by atoms with Crippen molar-refractivity contribution in [2.75, 3.05) is 0 Å². The molecule has 2 heterocycles. The maximum absolute atomic E-state index is 5.14. The summed E-state index contributed by atoms with van der Waals surface area (Å²) in [6.07, 6.45) is 0. The first-order valence-electron chi connectivity index (χ1n) is 15.9. The Kier molecular flexibility index (Phi) is 7.36. The second-order valence-electron chi connectivity index (χ2n) is 12.9. The zero-order valence-electron chi connectivity index (χ0n) is 26.6. The molecule has 0 unspecified atom stereocenters. The van der Waals surface area contributed by atoms with E-state index in [1.54, 1.807) is 11.3 Å². The third-order valence-electron chi connectivity index (χ3n) is 8.71. The number of thiophene rings is 1. The lowest BCUT2D eigenvalue weighted by molar-refractivity contribution is 1.08. The summed E-state index contributed by atoms with van der Waals surface area (Å²) in [4.78, 5) is 15.2. The average Bonchev–Trinajstić information content (AvgIpc) is 3.51. The van der Waals surface area contributed by atoms with Crippen molar-refractivity contribution < 1.29 is 0 Å². The van der Waals surface area contributed by atoms with Gasteiger partial charge in [0.2, 0.25) is 0 Å². The van der Waals surface area contributed by atoms with Crippen molar-refractivity contribution in [2.45, 2.75) is 19.6 Å². The minimum atomic E-state index is -1.35. The van der Waals surface area contributed by atoms with Crippen molar-refractivity contribution in [3.8, 4) is 56.4 Å². The Morgan fingerprint density at radius 1 is 0.426 bits per heavy atom. The molecule has 3 nitrogen and oxygen atoms in total. The van der Waals surface area contributed by atoms with Crippen LogP contribution in [0.3, 0.4) is 0 Å². The average molecular weight is 640 g/mol. The van der Waals surface area contributed by atoms with E-state index in [2.05, 4.69) is 147 Å². The van der Waals surface area contributed by atoms with Gasteiger partial charge in [-0.3, -0.25) is 0 Å². The molecule has 6 aromatic carbocycles. The van der Waals surface area contributed by atoms with E-state index in [0.717, 1.165) is 27.8 Å². The number of hydrogen-bond acceptors (Lipinski definition) is 4. The summed E-state index contributed by atoms with van der Waals surface area (Å²) in [6.45, 7) is 7.16. The van der Waals surface area contributed by atoms with Gasteiger partial charge in [-0.15, -0.1) is 11.3 Å². The van der Waals surface area contributed by atoms with Gasteiger partial charge in [-0.05, 0) is 46.5 Å². The van der Waals surface area contributed by atoms with Crippen molar-refractivity contribution in [1.29, 1.82) is 0 Å². The van der Waals surface area contributed by atoms with Crippen LogP contribution in [0.4, 0.5) is 0 Å². The highest BCUT2D eigenvalue weighted by Crippen LogP contribution is 2.39. The maximum atomic E-state index is 5.14. The van der Waals surface area contributed by atoms with Crippen LogP contribution in [-0.4, -0.2) is 23.0 Å². The Bertz CT molecular complexity index is 2390. The minimum absolute atomic E-state index is 0.659. The van der Waals surface area contributed by atoms with E-state index in [1.807, 2.05) is 18.2 Å². The van der Waals surface area contributed by atoms with Crippen LogP contribution < -0.4 is 5.19 Å². The van der Waals surface area contributed by atoms with Crippen LogP contribution in [0.5, 0.6) is 0 Å². The van der Waals surface area contributed by atoms with Crippen LogP contribution in [0, 0.1) is 0 Å². The standard InChI is InChI=1S/C42H33N3SSi/c1-47(2,3)34-24-22-28(23-25-34)30-14-9-15-31(26-30)32-16-10-17-33(27-32)41-43-40(29-12-5-4-6-13-29)44-42(45-41)37-20-11-19-36-35-18-7-8-21-38(35)46-39(36)37/h4-27H,1-3H3. The maximum Gasteiger partial charge on any atom is 0.165 e. The molecular formula is C42H33N3SSi. The van der Waals surface area contributed by atoms with E-state index in [1.165, 1.54) is 36.5 Å². The molecule has 8 aromatic rings. The molecule has 226 valence electrons. The smallest absolute Gasteiger partial charge is 0.165 e. The van der Waals surface area contributed by atoms with Crippen molar-refractivity contribution in [3.05, 3.63) is 146 Å². The lowest BCUT2D eigenvalue weighted by Crippen LogP contribution is -2.37. The molecule has 0 radical (unpaired) electrons. The van der Waals surface area contributed by atoms with E-state index in [0.29, 0.717) is 17.5 Å². The topological polar surface area (TPSA) is 38.7 Å². The second kappa shape index (κ2) is 11.8. The third-order valence-corrected chi connectivity index (χ3v) is 12.0. The number of aromatic nitrogens is 3. The van der Waals surface area contributed by atoms with Gasteiger partial charge in [0, 0.05) is 36.9 Å². The van der Waals surface area contributed by atoms with E-state index in [4.69, 9.17) is 15.0 Å². The van der Waals surface area contributed by atoms with Gasteiger partial charge < -0.3 is 0 Å². The van der Waals surface area contributed by atoms with Gasteiger partial charge >= 0.3 is 0 Å². The second-order valence-corrected chi connectivity index (χ2v) is 19.1. The van der Waals surface area contributed by atoms with Crippen LogP contribution in [-0.2, 0) is 0 Å². The first-order valence-corrected chi connectivity index (χ1v) is 20.3. The molecule has 2 aromatic heterocycles. The van der Waals surface area contributed by atoms with Gasteiger partial charge in [-0.25, -0.2) is 15.0 Å². The molecule has 0 N–H and O–H groups in total. The van der Waals surface area contributed by atoms with Crippen LogP contribution in [0.25, 0.3) is 76.6 Å². The first-order chi connectivity index (χ1) is 22.9. The lowest BCUT2D eigenvalue weighted by Gasteiger charge is -2.17. The summed E-state index contributed by atoms with van der Waals surface area (Å²) >= 11 is 1.79. The monoisotopic (exact) mass is 639 g/mol. The van der Waals surface area contributed by atoms with E-state index in [9.17, 15) is 0 Å². The number of benzene rings is 6. The highest BCUT2D eigenvalue weighted by molar-refractivity contribution is 7.26. The third kappa shape index (κ3) is 5.69. The molecule has 0 aliphatic carbocycles. The minimum Gasteiger partial charge on any atom is -0.208 e. The van der Waals surface area contributed by atoms with E-state index in [-0.39, 0.29) is 0 Å². The lowest BCUT2D eigenvalue weighted by atomic mass is 9.98. The molecule has 5 heteroatoms. The van der Waals surface area contributed by atoms with Crippen molar-refractivity contribution >= 4 is 44.8 Å². The van der Waals surface area contributed by atoms with Crippen molar-refractivity contribution in [1.82, 2.24) is 15.0 Å². The Balaban J connectivity index is 1.23. The van der Waals surface area contributed by atoms with Crippen molar-refractivity contribution in [2.24, 2.45) is 0 Å². The van der Waals surface area contributed by atoms with Crippen molar-refractivity contribution in [3.63, 3.8) is 0 Å². The summed E-state index contributed by atoms with van der Waals surface area (Å²) < 4.78 is 2.45. The van der Waals surface area contributed by atoms with Crippen LogP contribution in [0.2, 0.25) is 19.6 Å². The summed E-state index contributed by atoms with van der Waals surface area (Å²) in [5.74, 6) is 2.00. The molecular weight excluding hydrogens is 607 g/mol. The highest BCUT2D eigenvalue weighted by Gasteiger charge is 2.18. The molecule has 0 aliphatic rings. The van der Waals surface area contributed by atoms with Gasteiger partial charge in [0.1, 0.15) is 0 Å². The molecule has 0 saturated heterocycles. The molecule has 47 heavy (non-hydrogen) atoms. The number of hydrogen-bond donors (Lipinski definition) is 0. The van der Waals surface area contributed by atoms with E-state index >= 15 is 0 Å². The summed E-state index contributed by atoms with van der Waals surface area (Å²) in [5, 5.41) is 3.96. The summed E-state index contributed by atoms with van der Waals surface area (Å²) in [6, 6.07) is 51.6. The van der Waals surface area contributed by atoms with Gasteiger partial charge in [0.25, 0.3) is 0 Å². The Morgan fingerprint density at radius 2 is 0.957 bits per heavy atom. The fourth-order valence-corrected chi connectivity index (χ4v) is 8.52. The van der Waals surface area contributed by atoms with Gasteiger partial charge in [0.15, 0.2) is 17.5 Å². The molecule has 0 spiro atoms. The molecule has 0 fully saturated rings. The Hall–Kier alpha value is -5.23. The number of nitrogens with zero attached hydrogens (tertiary/aromatic N) is 3. The van der Waals surface area contributed by atoms with Gasteiger partial charge in [0.05, 0.1) is 8.07 Å². The molecule has 0 bridgehead atoms. The molecule has 0 aliphatic heterocycles. The van der Waals surface area contributed by atoms with Crippen LogP contribution >= 0.6 is 11.3 Å². The zero-order valence-corrected chi connectivity index (χ0v) is 28.4. The zero-order chi connectivity index (χ0) is 32.0. The highest BCUT2D eigenvalue weighted by atomic mass is 32.1. The molecule has 0 saturated carbocycles. The van der Waals surface area contributed by atoms with Gasteiger partial charge in [-0.1, -0.05) is 146 Å². The Labute approximate surface area is 280 Å². The van der Waals surface area contributed by atoms with Crippen LogP contribution in [0.1, 0.15) is 0 Å². The van der Waals surface area contributed by atoms with Crippen LogP contribution in [0.15, 0.2) is 146 Å². The molecule has 8 rings (SSSR count). The summed E-state index contributed by atoms with van der Waals surface area (Å²) in [7, 11) is -1.35.